The van der Waals surface area contributed by atoms with Gasteiger partial charge in [0.2, 0.25) is 10.0 Å². The van der Waals surface area contributed by atoms with Gasteiger partial charge in [-0.05, 0) is 54.2 Å². The van der Waals surface area contributed by atoms with Crippen molar-refractivity contribution in [2.75, 3.05) is 14.2 Å². The van der Waals surface area contributed by atoms with Gasteiger partial charge in [0.05, 0.1) is 19.5 Å². The Morgan fingerprint density at radius 3 is 1.78 bits per heavy atom. The molecular weight excluding hydrogens is 422 g/mol. The topological polar surface area (TPSA) is 55.8 Å². The Balaban J connectivity index is 2.40. The second-order valence-corrected chi connectivity index (χ2v) is 10.3. The molecule has 0 fully saturated rings. The Kier molecular flexibility index (Phi) is 10.3. The Hall–Kier alpha value is -2.31. The van der Waals surface area contributed by atoms with E-state index < -0.39 is 15.3 Å². The van der Waals surface area contributed by atoms with Crippen LogP contribution in [0.1, 0.15) is 50.7 Å². The van der Waals surface area contributed by atoms with E-state index >= 15 is 0 Å². The van der Waals surface area contributed by atoms with Crippen LogP contribution in [0, 0.1) is 5.92 Å². The van der Waals surface area contributed by atoms with Gasteiger partial charge in [-0.25, -0.2) is 8.42 Å². The van der Waals surface area contributed by atoms with Crippen molar-refractivity contribution in [1.29, 1.82) is 0 Å². The first-order chi connectivity index (χ1) is 15.3. The minimum Gasteiger partial charge on any atom is -0.497 e. The van der Waals surface area contributed by atoms with Crippen LogP contribution in [0.5, 0.6) is 11.5 Å². The van der Waals surface area contributed by atoms with Gasteiger partial charge in [0.15, 0.2) is 0 Å². The van der Waals surface area contributed by atoms with E-state index in [9.17, 15) is 8.42 Å². The SMILES string of the molecule is C=CC[C@@H](C)[C@@H](CCCC)S(=O)(=O)N(Cc1ccc(OC)cc1)Cc1ccc(OC)cc1. The van der Waals surface area contributed by atoms with Gasteiger partial charge in [0, 0.05) is 13.1 Å². The summed E-state index contributed by atoms with van der Waals surface area (Å²) in [5, 5.41) is -0.447. The van der Waals surface area contributed by atoms with E-state index in [-0.39, 0.29) is 5.92 Å². The second-order valence-electron chi connectivity index (χ2n) is 8.19. The molecule has 2 rings (SSSR count). The van der Waals surface area contributed by atoms with E-state index in [1.807, 2.05) is 61.5 Å². The van der Waals surface area contributed by atoms with E-state index in [0.717, 1.165) is 35.5 Å². The molecule has 0 aliphatic heterocycles. The number of unbranched alkanes of at least 4 members (excludes halogenated alkanes) is 1. The van der Waals surface area contributed by atoms with E-state index in [2.05, 4.69) is 13.5 Å². The number of sulfonamides is 1. The van der Waals surface area contributed by atoms with Crippen LogP contribution in [0.4, 0.5) is 0 Å². The van der Waals surface area contributed by atoms with E-state index in [0.29, 0.717) is 25.9 Å². The summed E-state index contributed by atoms with van der Waals surface area (Å²) < 4.78 is 40.0. The fourth-order valence-electron chi connectivity index (χ4n) is 3.84. The molecule has 0 saturated carbocycles. The second kappa shape index (κ2) is 12.7. The van der Waals surface area contributed by atoms with Gasteiger partial charge in [0.1, 0.15) is 11.5 Å². The molecule has 2 atom stereocenters. The molecular formula is C26H37NO4S. The van der Waals surface area contributed by atoms with Gasteiger partial charge in [-0.3, -0.25) is 0 Å². The van der Waals surface area contributed by atoms with E-state index in [4.69, 9.17) is 9.47 Å². The van der Waals surface area contributed by atoms with Gasteiger partial charge in [-0.1, -0.05) is 57.0 Å². The predicted molar refractivity (Wildman–Crippen MR) is 131 cm³/mol. The van der Waals surface area contributed by atoms with Gasteiger partial charge in [-0.2, -0.15) is 4.31 Å². The number of ether oxygens (including phenoxy) is 2. The summed E-state index contributed by atoms with van der Waals surface area (Å²) in [6.45, 7) is 8.54. The molecule has 0 bridgehead atoms. The number of hydrogen-bond acceptors (Lipinski definition) is 4. The maximum absolute atomic E-state index is 14.0. The predicted octanol–water partition coefficient (Wildman–Crippen LogP) is 5.81. The quantitative estimate of drug-likeness (QED) is 0.335. The van der Waals surface area contributed by atoms with Crippen molar-refractivity contribution in [2.24, 2.45) is 5.92 Å². The molecule has 0 unspecified atom stereocenters. The normalized spacial score (nSPS) is 13.5. The molecule has 6 heteroatoms. The highest BCUT2D eigenvalue weighted by Crippen LogP contribution is 2.28. The number of hydrogen-bond donors (Lipinski definition) is 0. The van der Waals surface area contributed by atoms with Crippen molar-refractivity contribution >= 4 is 10.0 Å². The van der Waals surface area contributed by atoms with Crippen LogP contribution in [0.15, 0.2) is 61.2 Å². The standard InChI is InChI=1S/C26H37NO4S/c1-6-8-10-26(21(3)9-7-2)32(28,29)27(19-22-11-15-24(30-4)16-12-22)20-23-13-17-25(31-5)18-14-23/h7,11-18,21,26H,2,6,8-10,19-20H2,1,3-5H3/t21-,26-/m1/s1. The summed E-state index contributed by atoms with van der Waals surface area (Å²) in [7, 11) is -0.322. The maximum Gasteiger partial charge on any atom is 0.217 e. The highest BCUT2D eigenvalue weighted by molar-refractivity contribution is 7.89. The smallest absolute Gasteiger partial charge is 0.217 e. The molecule has 0 aliphatic rings. The molecule has 0 amide bonds. The lowest BCUT2D eigenvalue weighted by molar-refractivity contribution is 0.371. The summed E-state index contributed by atoms with van der Waals surface area (Å²) in [4.78, 5) is 0. The average molecular weight is 460 g/mol. The van der Waals surface area contributed by atoms with Crippen LogP contribution in [0.25, 0.3) is 0 Å². The Labute approximate surface area is 194 Å². The van der Waals surface area contributed by atoms with Gasteiger partial charge < -0.3 is 9.47 Å². The van der Waals surface area contributed by atoms with Crippen LogP contribution in [0.3, 0.4) is 0 Å². The lowest BCUT2D eigenvalue weighted by atomic mass is 9.99. The highest BCUT2D eigenvalue weighted by atomic mass is 32.2. The van der Waals surface area contributed by atoms with Gasteiger partial charge >= 0.3 is 0 Å². The lowest BCUT2D eigenvalue weighted by Crippen LogP contribution is -2.41. The summed E-state index contributed by atoms with van der Waals surface area (Å²) in [5.41, 5.74) is 1.85. The molecule has 32 heavy (non-hydrogen) atoms. The zero-order chi connectivity index (χ0) is 23.6. The molecule has 176 valence electrons. The maximum atomic E-state index is 14.0. The summed E-state index contributed by atoms with van der Waals surface area (Å²) in [6.07, 6.45) is 4.98. The van der Waals surface area contributed by atoms with Crippen molar-refractivity contribution in [3.63, 3.8) is 0 Å². The molecule has 5 nitrogen and oxygen atoms in total. The third-order valence-corrected chi connectivity index (χ3v) is 8.24. The van der Waals surface area contributed by atoms with E-state index in [1.165, 1.54) is 0 Å². The van der Waals surface area contributed by atoms with Crippen LogP contribution in [0.2, 0.25) is 0 Å². The molecule has 0 spiro atoms. The first kappa shape index (κ1) is 25.9. The van der Waals surface area contributed by atoms with Crippen LogP contribution >= 0.6 is 0 Å². The summed E-state index contributed by atoms with van der Waals surface area (Å²) in [6, 6.07) is 15.1. The average Bonchev–Trinajstić information content (AvgIpc) is 2.80. The third-order valence-electron chi connectivity index (χ3n) is 5.79. The number of nitrogens with zero attached hydrogens (tertiary/aromatic N) is 1. The lowest BCUT2D eigenvalue weighted by Gasteiger charge is -2.31. The molecule has 0 aromatic heterocycles. The number of methoxy groups -OCH3 is 2. The van der Waals surface area contributed by atoms with Crippen molar-refractivity contribution in [1.82, 2.24) is 4.31 Å². The Morgan fingerprint density at radius 2 is 1.41 bits per heavy atom. The minimum absolute atomic E-state index is 0.00159. The molecule has 0 radical (unpaired) electrons. The zero-order valence-corrected chi connectivity index (χ0v) is 20.6. The number of rotatable bonds is 14. The fraction of sp³-hybridized carbons (Fsp3) is 0.462. The molecule has 0 heterocycles. The molecule has 0 N–H and O–H groups in total. The minimum atomic E-state index is -3.56. The van der Waals surface area contributed by atoms with Crippen LogP contribution in [-0.2, 0) is 23.1 Å². The van der Waals surface area contributed by atoms with Gasteiger partial charge in [-0.15, -0.1) is 6.58 Å². The molecule has 2 aromatic rings. The van der Waals surface area contributed by atoms with Crippen molar-refractivity contribution < 1.29 is 17.9 Å². The first-order valence-corrected chi connectivity index (χ1v) is 12.7. The summed E-state index contributed by atoms with van der Waals surface area (Å²) in [5.74, 6) is 1.50. The van der Waals surface area contributed by atoms with Crippen LogP contribution in [-0.4, -0.2) is 32.2 Å². The largest absolute Gasteiger partial charge is 0.497 e. The first-order valence-electron chi connectivity index (χ1n) is 11.2. The Morgan fingerprint density at radius 1 is 0.938 bits per heavy atom. The number of allylic oxidation sites excluding steroid dienone is 1. The van der Waals surface area contributed by atoms with Crippen molar-refractivity contribution in [2.45, 2.75) is 57.9 Å². The van der Waals surface area contributed by atoms with Crippen molar-refractivity contribution in [3.8, 4) is 11.5 Å². The van der Waals surface area contributed by atoms with Crippen molar-refractivity contribution in [3.05, 3.63) is 72.3 Å². The fourth-order valence-corrected chi connectivity index (χ4v) is 6.05. The van der Waals surface area contributed by atoms with Gasteiger partial charge in [0.25, 0.3) is 0 Å². The molecule has 2 aromatic carbocycles. The molecule has 0 saturated heterocycles. The molecule has 0 aliphatic carbocycles. The Bertz CT molecular complexity index is 874. The van der Waals surface area contributed by atoms with Crippen LogP contribution < -0.4 is 9.47 Å². The van der Waals surface area contributed by atoms with E-state index in [1.54, 1.807) is 18.5 Å². The number of benzene rings is 2. The zero-order valence-electron chi connectivity index (χ0n) is 19.8. The summed E-state index contributed by atoms with van der Waals surface area (Å²) >= 11 is 0. The monoisotopic (exact) mass is 459 g/mol. The highest BCUT2D eigenvalue weighted by Gasteiger charge is 2.35. The third kappa shape index (κ3) is 7.10.